The van der Waals surface area contributed by atoms with Gasteiger partial charge in [0.25, 0.3) is 0 Å². The molecule has 0 aliphatic carbocycles. The van der Waals surface area contributed by atoms with Crippen molar-refractivity contribution in [1.29, 1.82) is 0 Å². The van der Waals surface area contributed by atoms with Gasteiger partial charge in [0.1, 0.15) is 5.84 Å². The lowest BCUT2D eigenvalue weighted by Crippen LogP contribution is -2.42. The third-order valence-electron chi connectivity index (χ3n) is 2.02. The molecule has 94 valence electrons. The van der Waals surface area contributed by atoms with Crippen molar-refractivity contribution in [3.05, 3.63) is 0 Å². The number of alkyl carbamates (subject to hydrolysis) is 1. The largest absolute Gasteiger partial charge is 0.449 e. The number of amidine groups is 1. The minimum absolute atomic E-state index is 0.0664. The van der Waals surface area contributed by atoms with E-state index in [2.05, 4.69) is 10.5 Å². The van der Waals surface area contributed by atoms with E-state index >= 15 is 0 Å². The van der Waals surface area contributed by atoms with Crippen molar-refractivity contribution in [2.24, 2.45) is 22.2 Å². The maximum atomic E-state index is 11.2. The molecule has 0 spiro atoms. The molecule has 16 heavy (non-hydrogen) atoms. The molecule has 0 radical (unpaired) electrons. The molecular formula is C10H21N3O3. The van der Waals surface area contributed by atoms with Gasteiger partial charge in [-0.25, -0.2) is 4.79 Å². The highest BCUT2D eigenvalue weighted by molar-refractivity contribution is 5.86. The smallest absolute Gasteiger partial charge is 0.407 e. The summed E-state index contributed by atoms with van der Waals surface area (Å²) < 4.78 is 4.92. The average Bonchev–Trinajstić information content (AvgIpc) is 2.22. The first-order valence-corrected chi connectivity index (χ1v) is 5.18. The quantitative estimate of drug-likeness (QED) is 0.286. The highest BCUT2D eigenvalue weighted by Gasteiger charge is 2.24. The summed E-state index contributed by atoms with van der Waals surface area (Å²) in [4.78, 5) is 11.2. The van der Waals surface area contributed by atoms with Crippen LogP contribution in [-0.4, -0.2) is 30.3 Å². The van der Waals surface area contributed by atoms with E-state index in [9.17, 15) is 4.79 Å². The summed E-state index contributed by atoms with van der Waals surface area (Å²) in [5, 5.41) is 14.0. The number of hydrogen-bond acceptors (Lipinski definition) is 4. The predicted octanol–water partition coefficient (Wildman–Crippen LogP) is 1.14. The number of carbonyl (C=O) groups is 1. The van der Waals surface area contributed by atoms with Crippen LogP contribution in [0.3, 0.4) is 0 Å². The zero-order chi connectivity index (χ0) is 12.8. The third-order valence-corrected chi connectivity index (χ3v) is 2.02. The molecule has 0 heterocycles. The number of hydrogen-bond donors (Lipinski definition) is 3. The molecule has 6 nitrogen and oxygen atoms in total. The van der Waals surface area contributed by atoms with Crippen LogP contribution in [0.5, 0.6) is 0 Å². The van der Waals surface area contributed by atoms with Crippen molar-refractivity contribution < 1.29 is 14.7 Å². The normalized spacial score (nSPS) is 12.7. The first kappa shape index (κ1) is 14.5. The van der Waals surface area contributed by atoms with Crippen LogP contribution in [0.4, 0.5) is 4.79 Å². The monoisotopic (exact) mass is 231 g/mol. The van der Waals surface area contributed by atoms with Crippen LogP contribution in [0, 0.1) is 11.3 Å². The number of ether oxygens (including phenoxy) is 1. The van der Waals surface area contributed by atoms with Crippen LogP contribution in [-0.2, 0) is 4.74 Å². The Bertz CT molecular complexity index is 262. The highest BCUT2D eigenvalue weighted by Crippen LogP contribution is 2.13. The molecule has 0 aromatic carbocycles. The van der Waals surface area contributed by atoms with E-state index in [0.717, 1.165) is 0 Å². The standard InChI is InChI=1S/C10H21N3O3/c1-7(2)5-16-9(14)12-6-10(3,4)8(11)13-15/h7,15H,5-6H2,1-4H3,(H2,11,13)(H,12,14). The summed E-state index contributed by atoms with van der Waals surface area (Å²) in [6.45, 7) is 8.03. The SMILES string of the molecule is CC(C)COC(=O)NCC(C)(C)C(N)=NO. The Kier molecular flexibility index (Phi) is 5.63. The van der Waals surface area contributed by atoms with E-state index in [1.165, 1.54) is 0 Å². The highest BCUT2D eigenvalue weighted by atomic mass is 16.5. The summed E-state index contributed by atoms with van der Waals surface area (Å²) in [6.07, 6.45) is -0.493. The first-order valence-electron chi connectivity index (χ1n) is 5.18. The van der Waals surface area contributed by atoms with Crippen LogP contribution >= 0.6 is 0 Å². The van der Waals surface area contributed by atoms with Crippen molar-refractivity contribution in [3.63, 3.8) is 0 Å². The van der Waals surface area contributed by atoms with Gasteiger partial charge in [0, 0.05) is 12.0 Å². The molecule has 4 N–H and O–H groups in total. The van der Waals surface area contributed by atoms with Gasteiger partial charge < -0.3 is 21.0 Å². The molecule has 6 heteroatoms. The van der Waals surface area contributed by atoms with Gasteiger partial charge in [-0.3, -0.25) is 0 Å². The minimum Gasteiger partial charge on any atom is -0.449 e. The van der Waals surface area contributed by atoms with Crippen molar-refractivity contribution in [2.45, 2.75) is 27.7 Å². The molecule has 0 rings (SSSR count). The molecule has 0 bridgehead atoms. The van der Waals surface area contributed by atoms with Gasteiger partial charge in [0.05, 0.1) is 6.61 Å². The van der Waals surface area contributed by atoms with Crippen LogP contribution in [0.2, 0.25) is 0 Å². The molecule has 0 aromatic rings. The molecule has 0 fully saturated rings. The summed E-state index contributed by atoms with van der Waals surface area (Å²) in [5.74, 6) is 0.361. The summed E-state index contributed by atoms with van der Waals surface area (Å²) in [7, 11) is 0. The van der Waals surface area contributed by atoms with Gasteiger partial charge in [-0.2, -0.15) is 0 Å². The Morgan fingerprint density at radius 1 is 1.56 bits per heavy atom. The average molecular weight is 231 g/mol. The second-order valence-electron chi connectivity index (χ2n) is 4.71. The number of carbonyl (C=O) groups excluding carboxylic acids is 1. The summed E-state index contributed by atoms with van der Waals surface area (Å²) in [6, 6.07) is 0. The molecule has 1 amide bonds. The Balaban J connectivity index is 4.00. The lowest BCUT2D eigenvalue weighted by Gasteiger charge is -2.22. The van der Waals surface area contributed by atoms with Crippen molar-refractivity contribution >= 4 is 11.9 Å². The van der Waals surface area contributed by atoms with E-state index in [-0.39, 0.29) is 12.4 Å². The topological polar surface area (TPSA) is 96.9 Å². The van der Waals surface area contributed by atoms with Gasteiger partial charge in [0.15, 0.2) is 0 Å². The van der Waals surface area contributed by atoms with Gasteiger partial charge in [-0.15, -0.1) is 0 Å². The lowest BCUT2D eigenvalue weighted by molar-refractivity contribution is 0.131. The Morgan fingerprint density at radius 2 is 2.12 bits per heavy atom. The van der Waals surface area contributed by atoms with Crippen LogP contribution in [0.1, 0.15) is 27.7 Å². The second kappa shape index (κ2) is 6.19. The fourth-order valence-corrected chi connectivity index (χ4v) is 0.812. The molecule has 0 aliphatic rings. The Labute approximate surface area is 95.8 Å². The summed E-state index contributed by atoms with van der Waals surface area (Å²) >= 11 is 0. The van der Waals surface area contributed by atoms with Gasteiger partial charge in [-0.05, 0) is 5.92 Å². The van der Waals surface area contributed by atoms with Crippen LogP contribution in [0.25, 0.3) is 0 Å². The number of rotatable bonds is 5. The van der Waals surface area contributed by atoms with Gasteiger partial charge in [-0.1, -0.05) is 32.9 Å². The molecule has 0 saturated carbocycles. The molecule has 0 aromatic heterocycles. The number of nitrogens with one attached hydrogen (secondary N) is 1. The molecule has 0 unspecified atom stereocenters. The second-order valence-corrected chi connectivity index (χ2v) is 4.71. The Hall–Kier alpha value is -1.46. The van der Waals surface area contributed by atoms with Crippen LogP contribution < -0.4 is 11.1 Å². The van der Waals surface area contributed by atoms with Crippen molar-refractivity contribution in [3.8, 4) is 0 Å². The predicted molar refractivity (Wildman–Crippen MR) is 61.4 cm³/mol. The Morgan fingerprint density at radius 3 is 2.56 bits per heavy atom. The van der Waals surface area contributed by atoms with E-state index < -0.39 is 11.5 Å². The van der Waals surface area contributed by atoms with Gasteiger partial charge >= 0.3 is 6.09 Å². The maximum Gasteiger partial charge on any atom is 0.407 e. The number of nitrogens with zero attached hydrogens (tertiary/aromatic N) is 1. The lowest BCUT2D eigenvalue weighted by atomic mass is 9.92. The van der Waals surface area contributed by atoms with Crippen molar-refractivity contribution in [1.82, 2.24) is 5.32 Å². The van der Waals surface area contributed by atoms with E-state index in [4.69, 9.17) is 15.7 Å². The third kappa shape index (κ3) is 5.43. The maximum absolute atomic E-state index is 11.2. The van der Waals surface area contributed by atoms with E-state index in [1.807, 2.05) is 13.8 Å². The zero-order valence-corrected chi connectivity index (χ0v) is 10.3. The van der Waals surface area contributed by atoms with Crippen LogP contribution in [0.15, 0.2) is 5.16 Å². The zero-order valence-electron chi connectivity index (χ0n) is 10.3. The fraction of sp³-hybridized carbons (Fsp3) is 0.800. The van der Waals surface area contributed by atoms with E-state index in [1.54, 1.807) is 13.8 Å². The summed E-state index contributed by atoms with van der Waals surface area (Å²) in [5.41, 5.74) is 4.86. The fourth-order valence-electron chi connectivity index (χ4n) is 0.812. The van der Waals surface area contributed by atoms with E-state index in [0.29, 0.717) is 12.5 Å². The number of amides is 1. The first-order chi connectivity index (χ1) is 7.29. The minimum atomic E-state index is -0.606. The molecular weight excluding hydrogens is 210 g/mol. The van der Waals surface area contributed by atoms with Crippen molar-refractivity contribution in [2.75, 3.05) is 13.2 Å². The molecule has 0 atom stereocenters. The number of nitrogens with two attached hydrogens (primary N) is 1. The van der Waals surface area contributed by atoms with Gasteiger partial charge in [0.2, 0.25) is 0 Å². The molecule has 0 saturated heterocycles. The molecule has 0 aliphatic heterocycles. The number of oxime groups is 1.